The average molecular weight is 263 g/mol. The Morgan fingerprint density at radius 3 is 2.74 bits per heavy atom. The molecule has 0 unspecified atom stereocenters. The molecule has 0 aliphatic carbocycles. The van der Waals surface area contributed by atoms with E-state index in [1.165, 1.54) is 0 Å². The van der Waals surface area contributed by atoms with Gasteiger partial charge in [-0.25, -0.2) is 0 Å². The first-order valence-electron chi connectivity index (χ1n) is 6.62. The van der Waals surface area contributed by atoms with Crippen molar-refractivity contribution in [2.75, 3.05) is 13.1 Å². The Bertz CT molecular complexity index is 477. The number of hydrogen-bond donors (Lipinski definition) is 2. The van der Waals surface area contributed by atoms with E-state index >= 15 is 0 Å². The predicted octanol–water partition coefficient (Wildman–Crippen LogP) is 1.82. The molecule has 0 saturated carbocycles. The molecular weight excluding hydrogens is 242 g/mol. The summed E-state index contributed by atoms with van der Waals surface area (Å²) < 4.78 is 5.25. The first-order valence-corrected chi connectivity index (χ1v) is 6.62. The summed E-state index contributed by atoms with van der Waals surface area (Å²) in [4.78, 5) is 14.1. The van der Waals surface area contributed by atoms with Crippen LogP contribution in [0.25, 0.3) is 0 Å². The van der Waals surface area contributed by atoms with Gasteiger partial charge in [0.25, 0.3) is 0 Å². The summed E-state index contributed by atoms with van der Waals surface area (Å²) in [6.07, 6.45) is 3.02. The number of amides is 1. The lowest BCUT2D eigenvalue weighted by Gasteiger charge is -2.29. The minimum absolute atomic E-state index is 0.250. The molecule has 1 aromatic heterocycles. The fraction of sp³-hybridized carbons (Fsp3) is 0.500. The Labute approximate surface area is 113 Å². The van der Waals surface area contributed by atoms with Gasteiger partial charge in [-0.05, 0) is 39.0 Å². The van der Waals surface area contributed by atoms with Crippen LogP contribution in [0.4, 0.5) is 0 Å². The number of nitrogens with zero attached hydrogens (tertiary/aromatic N) is 1. The molecule has 2 rings (SSSR count). The quantitative estimate of drug-likeness (QED) is 0.814. The van der Waals surface area contributed by atoms with E-state index in [0.29, 0.717) is 11.8 Å². The second-order valence-electron chi connectivity index (χ2n) is 5.06. The number of nitrogens with one attached hydrogen (secondary N) is 2. The van der Waals surface area contributed by atoms with Crippen LogP contribution in [0, 0.1) is 6.92 Å². The molecule has 1 aromatic rings. The van der Waals surface area contributed by atoms with E-state index in [0.717, 1.165) is 31.0 Å². The third kappa shape index (κ3) is 3.61. The van der Waals surface area contributed by atoms with Gasteiger partial charge in [-0.15, -0.1) is 0 Å². The number of aryl methyl sites for hydroxylation is 1. The molecule has 0 aromatic carbocycles. The third-order valence-electron chi connectivity index (χ3n) is 3.27. The summed E-state index contributed by atoms with van der Waals surface area (Å²) in [6, 6.07) is 4.00. The first-order chi connectivity index (χ1) is 9.06. The average Bonchev–Trinajstić information content (AvgIpc) is 2.83. The van der Waals surface area contributed by atoms with E-state index in [2.05, 4.69) is 35.7 Å². The SMILES string of the molecule is Cc1ccc(C(=O)NNC2=CCN(C(C)C)CC2)o1. The fourth-order valence-electron chi connectivity index (χ4n) is 2.02. The monoisotopic (exact) mass is 263 g/mol. The molecule has 0 bridgehead atoms. The maximum Gasteiger partial charge on any atom is 0.305 e. The van der Waals surface area contributed by atoms with Crippen molar-refractivity contribution in [3.63, 3.8) is 0 Å². The zero-order valence-corrected chi connectivity index (χ0v) is 11.7. The van der Waals surface area contributed by atoms with Crippen LogP contribution in [0.15, 0.2) is 28.3 Å². The second-order valence-corrected chi connectivity index (χ2v) is 5.06. The van der Waals surface area contributed by atoms with Gasteiger partial charge < -0.3 is 9.84 Å². The number of hydrogen-bond acceptors (Lipinski definition) is 4. The maximum absolute atomic E-state index is 11.8. The van der Waals surface area contributed by atoms with E-state index in [1.807, 2.05) is 6.92 Å². The van der Waals surface area contributed by atoms with Crippen LogP contribution >= 0.6 is 0 Å². The van der Waals surface area contributed by atoms with Gasteiger partial charge in [-0.3, -0.25) is 15.1 Å². The van der Waals surface area contributed by atoms with Gasteiger partial charge in [-0.2, -0.15) is 0 Å². The van der Waals surface area contributed by atoms with Crippen LogP contribution in [0.3, 0.4) is 0 Å². The molecule has 5 nitrogen and oxygen atoms in total. The zero-order valence-electron chi connectivity index (χ0n) is 11.7. The molecule has 0 fully saturated rings. The van der Waals surface area contributed by atoms with E-state index in [1.54, 1.807) is 12.1 Å². The summed E-state index contributed by atoms with van der Waals surface area (Å²) in [5.41, 5.74) is 6.67. The number of hydrazine groups is 1. The third-order valence-corrected chi connectivity index (χ3v) is 3.27. The lowest BCUT2D eigenvalue weighted by Crippen LogP contribution is -2.41. The fourth-order valence-corrected chi connectivity index (χ4v) is 2.02. The van der Waals surface area contributed by atoms with Crippen molar-refractivity contribution in [2.45, 2.75) is 33.2 Å². The molecule has 2 heterocycles. The van der Waals surface area contributed by atoms with Crippen LogP contribution in [-0.2, 0) is 0 Å². The number of furan rings is 1. The molecule has 0 spiro atoms. The highest BCUT2D eigenvalue weighted by Crippen LogP contribution is 2.10. The smallest absolute Gasteiger partial charge is 0.305 e. The molecule has 0 saturated heterocycles. The van der Waals surface area contributed by atoms with E-state index in [9.17, 15) is 4.79 Å². The van der Waals surface area contributed by atoms with Crippen molar-refractivity contribution in [3.05, 3.63) is 35.4 Å². The van der Waals surface area contributed by atoms with Gasteiger partial charge in [0.05, 0.1) is 0 Å². The zero-order chi connectivity index (χ0) is 13.8. The van der Waals surface area contributed by atoms with Crippen molar-refractivity contribution in [1.29, 1.82) is 0 Å². The summed E-state index contributed by atoms with van der Waals surface area (Å²) in [5.74, 6) is 0.806. The van der Waals surface area contributed by atoms with Crippen LogP contribution in [0.1, 0.15) is 36.6 Å². The number of carbonyl (C=O) groups excluding carboxylic acids is 1. The van der Waals surface area contributed by atoms with Gasteiger partial charge in [0.1, 0.15) is 5.76 Å². The van der Waals surface area contributed by atoms with Crippen LogP contribution < -0.4 is 10.9 Å². The van der Waals surface area contributed by atoms with Crippen molar-refractivity contribution >= 4 is 5.91 Å². The van der Waals surface area contributed by atoms with Crippen molar-refractivity contribution < 1.29 is 9.21 Å². The van der Waals surface area contributed by atoms with Gasteiger partial charge in [-0.1, -0.05) is 0 Å². The molecule has 1 amide bonds. The standard InChI is InChI=1S/C14H21N3O2/c1-10(2)17-8-6-12(7-9-17)15-16-14(18)13-5-4-11(3)19-13/h4-6,10,15H,7-9H2,1-3H3,(H,16,18). The van der Waals surface area contributed by atoms with E-state index in [4.69, 9.17) is 4.42 Å². The van der Waals surface area contributed by atoms with Gasteiger partial charge in [0, 0.05) is 31.2 Å². The van der Waals surface area contributed by atoms with Gasteiger partial charge >= 0.3 is 5.91 Å². The topological polar surface area (TPSA) is 57.5 Å². The minimum Gasteiger partial charge on any atom is -0.456 e. The molecule has 5 heteroatoms. The Morgan fingerprint density at radius 2 is 2.21 bits per heavy atom. The lowest BCUT2D eigenvalue weighted by atomic mass is 10.2. The maximum atomic E-state index is 11.8. The second kappa shape index (κ2) is 5.93. The highest BCUT2D eigenvalue weighted by atomic mass is 16.3. The lowest BCUT2D eigenvalue weighted by molar-refractivity contribution is 0.0907. The van der Waals surface area contributed by atoms with Crippen LogP contribution in [0.2, 0.25) is 0 Å². The summed E-state index contributed by atoms with van der Waals surface area (Å²) >= 11 is 0. The highest BCUT2D eigenvalue weighted by Gasteiger charge is 2.15. The van der Waals surface area contributed by atoms with Crippen molar-refractivity contribution in [3.8, 4) is 0 Å². The molecule has 19 heavy (non-hydrogen) atoms. The van der Waals surface area contributed by atoms with Gasteiger partial charge in [0.15, 0.2) is 5.76 Å². The first kappa shape index (κ1) is 13.7. The summed E-state index contributed by atoms with van der Waals surface area (Å²) in [5, 5.41) is 0. The molecule has 0 atom stereocenters. The molecular formula is C14H21N3O2. The van der Waals surface area contributed by atoms with Gasteiger partial charge in [0.2, 0.25) is 0 Å². The number of carbonyl (C=O) groups is 1. The Balaban J connectivity index is 1.82. The molecule has 104 valence electrons. The molecule has 2 N–H and O–H groups in total. The number of rotatable bonds is 4. The Morgan fingerprint density at radius 1 is 1.42 bits per heavy atom. The molecule has 1 aliphatic rings. The van der Waals surface area contributed by atoms with E-state index in [-0.39, 0.29) is 5.91 Å². The Kier molecular flexibility index (Phi) is 4.27. The molecule has 0 radical (unpaired) electrons. The minimum atomic E-state index is -0.250. The van der Waals surface area contributed by atoms with Crippen molar-refractivity contribution in [1.82, 2.24) is 15.8 Å². The largest absolute Gasteiger partial charge is 0.456 e. The Hall–Kier alpha value is -1.75. The predicted molar refractivity (Wildman–Crippen MR) is 73.5 cm³/mol. The van der Waals surface area contributed by atoms with Crippen LogP contribution in [-0.4, -0.2) is 29.9 Å². The highest BCUT2D eigenvalue weighted by molar-refractivity contribution is 5.91. The summed E-state index contributed by atoms with van der Waals surface area (Å²) in [6.45, 7) is 8.11. The molecule has 1 aliphatic heterocycles. The van der Waals surface area contributed by atoms with Crippen molar-refractivity contribution in [2.24, 2.45) is 0 Å². The summed E-state index contributed by atoms with van der Waals surface area (Å²) in [7, 11) is 0. The van der Waals surface area contributed by atoms with Crippen LogP contribution in [0.5, 0.6) is 0 Å². The van der Waals surface area contributed by atoms with E-state index < -0.39 is 0 Å². The normalized spacial score (nSPS) is 16.3.